The maximum Gasteiger partial charge on any atom is 0.322 e. The van der Waals surface area contributed by atoms with Crippen molar-refractivity contribution in [2.24, 2.45) is 0 Å². The zero-order valence-electron chi connectivity index (χ0n) is 15.3. The molecular weight excluding hydrogens is 404 g/mol. The molecule has 0 fully saturated rings. The van der Waals surface area contributed by atoms with Crippen molar-refractivity contribution in [2.45, 2.75) is 12.6 Å². The number of pyridine rings is 1. The molecule has 0 saturated heterocycles. The van der Waals surface area contributed by atoms with Crippen LogP contribution in [-0.2, 0) is 11.3 Å². The Morgan fingerprint density at radius 2 is 2.03 bits per heavy atom. The zero-order valence-corrected chi connectivity index (χ0v) is 16.0. The number of H-pyrrole nitrogens is 1. The second-order valence-electron chi connectivity index (χ2n) is 6.74. The van der Waals surface area contributed by atoms with Crippen molar-refractivity contribution in [1.29, 1.82) is 0 Å². The highest BCUT2D eigenvalue weighted by molar-refractivity contribution is 6.31. The van der Waals surface area contributed by atoms with Crippen molar-refractivity contribution in [3.8, 4) is 0 Å². The van der Waals surface area contributed by atoms with E-state index in [9.17, 15) is 18.4 Å². The first kappa shape index (κ1) is 19.4. The van der Waals surface area contributed by atoms with Gasteiger partial charge >= 0.3 is 6.03 Å². The van der Waals surface area contributed by atoms with E-state index in [4.69, 9.17) is 16.3 Å². The second-order valence-corrected chi connectivity index (χ2v) is 7.14. The highest BCUT2D eigenvalue weighted by Gasteiger charge is 2.30. The lowest BCUT2D eigenvalue weighted by atomic mass is 9.96. The summed E-state index contributed by atoms with van der Waals surface area (Å²) < 4.78 is 32.5. The minimum absolute atomic E-state index is 0.109. The number of nitrogens with one attached hydrogen (secondary N) is 2. The minimum Gasteiger partial charge on any atom is -0.373 e. The fourth-order valence-electron chi connectivity index (χ4n) is 3.46. The van der Waals surface area contributed by atoms with Crippen molar-refractivity contribution in [2.75, 3.05) is 19.0 Å². The number of benzene rings is 2. The molecule has 0 unspecified atom stereocenters. The van der Waals surface area contributed by atoms with E-state index in [0.717, 1.165) is 6.07 Å². The SMILES string of the molecule is CN(C(=O)Nc1ccc(F)c(Cl)c1)[C@H]1COCc2[nH]c(=O)c3cc(F)ccc3c21. The van der Waals surface area contributed by atoms with Crippen LogP contribution in [0, 0.1) is 11.6 Å². The van der Waals surface area contributed by atoms with Crippen LogP contribution >= 0.6 is 11.6 Å². The molecule has 0 bridgehead atoms. The second kappa shape index (κ2) is 7.46. The highest BCUT2D eigenvalue weighted by Crippen LogP contribution is 2.33. The average Bonchev–Trinajstić information content (AvgIpc) is 2.70. The molecule has 2 heterocycles. The molecule has 1 aliphatic rings. The third-order valence-electron chi connectivity index (χ3n) is 4.92. The summed E-state index contributed by atoms with van der Waals surface area (Å²) in [5.41, 5.74) is 1.14. The standard InChI is InChI=1S/C20H16ClF2N3O3/c1-26(20(28)24-11-3-5-15(23)14(21)7-11)17-9-29-8-16-18(17)12-4-2-10(22)6-13(12)19(27)25-16/h2-7,17H,8-9H2,1H3,(H,24,28)(H,25,27)/t17-/m0/s1. The Labute approximate surface area is 169 Å². The number of urea groups is 1. The molecule has 1 aromatic heterocycles. The van der Waals surface area contributed by atoms with E-state index in [1.54, 1.807) is 7.05 Å². The van der Waals surface area contributed by atoms with Crippen molar-refractivity contribution < 1.29 is 18.3 Å². The van der Waals surface area contributed by atoms with Crippen LogP contribution in [0.1, 0.15) is 17.3 Å². The predicted molar refractivity (Wildman–Crippen MR) is 105 cm³/mol. The molecule has 2 N–H and O–H groups in total. The van der Waals surface area contributed by atoms with Gasteiger partial charge in [-0.3, -0.25) is 4.79 Å². The number of hydrogen-bond acceptors (Lipinski definition) is 3. The number of carbonyl (C=O) groups excluding carboxylic acids is 1. The number of carbonyl (C=O) groups is 1. The molecule has 1 aliphatic heterocycles. The van der Waals surface area contributed by atoms with Gasteiger partial charge in [-0.25, -0.2) is 13.6 Å². The number of aromatic nitrogens is 1. The fourth-order valence-corrected chi connectivity index (χ4v) is 3.64. The van der Waals surface area contributed by atoms with Gasteiger partial charge in [-0.15, -0.1) is 0 Å². The van der Waals surface area contributed by atoms with Crippen LogP contribution < -0.4 is 10.9 Å². The molecule has 150 valence electrons. The molecule has 0 aliphatic carbocycles. The monoisotopic (exact) mass is 419 g/mol. The maximum atomic E-state index is 13.6. The van der Waals surface area contributed by atoms with Crippen molar-refractivity contribution >= 4 is 34.1 Å². The third kappa shape index (κ3) is 3.56. The maximum absolute atomic E-state index is 13.6. The Kier molecular flexibility index (Phi) is 4.97. The van der Waals surface area contributed by atoms with Crippen LogP contribution in [0.4, 0.5) is 19.3 Å². The minimum atomic E-state index is -0.588. The van der Waals surface area contributed by atoms with E-state index in [2.05, 4.69) is 10.3 Å². The Morgan fingerprint density at radius 1 is 1.24 bits per heavy atom. The van der Waals surface area contributed by atoms with Gasteiger partial charge in [-0.2, -0.15) is 0 Å². The van der Waals surface area contributed by atoms with E-state index < -0.39 is 29.3 Å². The van der Waals surface area contributed by atoms with E-state index >= 15 is 0 Å². The summed E-state index contributed by atoms with van der Waals surface area (Å²) in [5.74, 6) is -1.11. The zero-order chi connectivity index (χ0) is 20.7. The first-order valence-electron chi connectivity index (χ1n) is 8.76. The van der Waals surface area contributed by atoms with Crippen LogP contribution in [0.5, 0.6) is 0 Å². The van der Waals surface area contributed by atoms with E-state index in [1.807, 2.05) is 0 Å². The van der Waals surface area contributed by atoms with Crippen LogP contribution in [0.25, 0.3) is 10.8 Å². The summed E-state index contributed by atoms with van der Waals surface area (Å²) in [5, 5.41) is 3.31. The molecule has 29 heavy (non-hydrogen) atoms. The topological polar surface area (TPSA) is 74.4 Å². The molecule has 6 nitrogen and oxygen atoms in total. The highest BCUT2D eigenvalue weighted by atomic mass is 35.5. The normalized spacial score (nSPS) is 15.8. The molecule has 4 rings (SSSR count). The molecule has 0 radical (unpaired) electrons. The molecule has 2 aromatic carbocycles. The Morgan fingerprint density at radius 3 is 2.79 bits per heavy atom. The van der Waals surface area contributed by atoms with Gasteiger partial charge in [0.15, 0.2) is 0 Å². The number of fused-ring (bicyclic) bond motifs is 3. The lowest BCUT2D eigenvalue weighted by Crippen LogP contribution is -2.39. The molecule has 3 aromatic rings. The number of halogens is 3. The third-order valence-corrected chi connectivity index (χ3v) is 5.21. The molecule has 9 heteroatoms. The van der Waals surface area contributed by atoms with E-state index in [-0.39, 0.29) is 23.6 Å². The number of amides is 2. The van der Waals surface area contributed by atoms with Crippen LogP contribution in [0.3, 0.4) is 0 Å². The van der Waals surface area contributed by atoms with Gasteiger partial charge in [0.1, 0.15) is 11.6 Å². The number of rotatable bonds is 2. The quantitative estimate of drug-likeness (QED) is 0.654. The van der Waals surface area contributed by atoms with E-state index in [0.29, 0.717) is 22.3 Å². The number of nitrogens with zero attached hydrogens (tertiary/aromatic N) is 1. The summed E-state index contributed by atoms with van der Waals surface area (Å²) in [6, 6.07) is 6.83. The summed E-state index contributed by atoms with van der Waals surface area (Å²) in [6.45, 7) is 0.372. The smallest absolute Gasteiger partial charge is 0.322 e. The summed E-state index contributed by atoms with van der Waals surface area (Å²) in [7, 11) is 1.57. The molecule has 1 atom stereocenters. The predicted octanol–water partition coefficient (Wildman–Crippen LogP) is 4.19. The summed E-state index contributed by atoms with van der Waals surface area (Å²) >= 11 is 5.76. The number of hydrogen-bond donors (Lipinski definition) is 2. The molecule has 0 spiro atoms. The first-order chi connectivity index (χ1) is 13.8. The number of aromatic amines is 1. The van der Waals surface area contributed by atoms with Gasteiger partial charge in [-0.05, 0) is 35.7 Å². The van der Waals surface area contributed by atoms with Gasteiger partial charge in [-0.1, -0.05) is 17.7 Å². The largest absolute Gasteiger partial charge is 0.373 e. The number of likely N-dealkylation sites (N-methyl/N-ethyl adjacent to an activating group) is 1. The summed E-state index contributed by atoms with van der Waals surface area (Å²) in [6.07, 6.45) is 0. The van der Waals surface area contributed by atoms with Gasteiger partial charge in [0.25, 0.3) is 5.56 Å². The lowest BCUT2D eigenvalue weighted by Gasteiger charge is -2.33. The van der Waals surface area contributed by atoms with Crippen molar-refractivity contribution in [3.63, 3.8) is 0 Å². The van der Waals surface area contributed by atoms with Crippen molar-refractivity contribution in [3.05, 3.63) is 74.7 Å². The first-order valence-corrected chi connectivity index (χ1v) is 9.14. The Bertz CT molecular complexity index is 1180. The lowest BCUT2D eigenvalue weighted by molar-refractivity contribution is 0.0527. The van der Waals surface area contributed by atoms with Crippen LogP contribution in [-0.4, -0.2) is 29.6 Å². The van der Waals surface area contributed by atoms with Gasteiger partial charge in [0.05, 0.1) is 29.7 Å². The van der Waals surface area contributed by atoms with Gasteiger partial charge < -0.3 is 19.9 Å². The van der Waals surface area contributed by atoms with Crippen LogP contribution in [0.2, 0.25) is 5.02 Å². The molecular formula is C20H16ClF2N3O3. The van der Waals surface area contributed by atoms with Crippen LogP contribution in [0.15, 0.2) is 41.2 Å². The fraction of sp³-hybridized carbons (Fsp3) is 0.200. The van der Waals surface area contributed by atoms with Crippen molar-refractivity contribution in [1.82, 2.24) is 9.88 Å². The summed E-state index contributed by atoms with van der Waals surface area (Å²) in [4.78, 5) is 29.2. The number of ether oxygens (including phenoxy) is 1. The van der Waals surface area contributed by atoms with Gasteiger partial charge in [0.2, 0.25) is 0 Å². The van der Waals surface area contributed by atoms with E-state index in [1.165, 1.54) is 35.2 Å². The molecule has 2 amide bonds. The number of anilines is 1. The Hall–Kier alpha value is -2.97. The van der Waals surface area contributed by atoms with Gasteiger partial charge in [0, 0.05) is 24.0 Å². The molecule has 0 saturated carbocycles. The Balaban J connectivity index is 1.70. The average molecular weight is 420 g/mol.